The number of fused-ring (bicyclic) bond motifs is 1. The third-order valence-electron chi connectivity index (χ3n) is 4.33. The molecule has 1 aromatic carbocycles. The molecular weight excluding hydrogens is 306 g/mol. The maximum atomic E-state index is 12.4. The number of amides is 3. The van der Waals surface area contributed by atoms with Crippen LogP contribution in [0.3, 0.4) is 0 Å². The average Bonchev–Trinajstić information content (AvgIpc) is 2.58. The number of aryl methyl sites for hydroxylation is 1. The van der Waals surface area contributed by atoms with Crippen molar-refractivity contribution in [1.82, 2.24) is 10.2 Å². The van der Waals surface area contributed by atoms with Gasteiger partial charge in [0, 0.05) is 24.4 Å². The molecule has 3 amide bonds. The summed E-state index contributed by atoms with van der Waals surface area (Å²) in [6.45, 7) is 1.88. The second-order valence-corrected chi connectivity index (χ2v) is 5.87. The van der Waals surface area contributed by atoms with E-state index in [1.165, 1.54) is 9.48 Å². The van der Waals surface area contributed by atoms with Gasteiger partial charge in [-0.15, -0.1) is 0 Å². The Bertz CT molecular complexity index is 849. The van der Waals surface area contributed by atoms with Crippen molar-refractivity contribution in [3.8, 4) is 0 Å². The van der Waals surface area contributed by atoms with Crippen molar-refractivity contribution in [2.75, 3.05) is 14.1 Å². The molecule has 1 aromatic rings. The summed E-state index contributed by atoms with van der Waals surface area (Å²) in [6.07, 6.45) is 5.25. The van der Waals surface area contributed by atoms with Crippen molar-refractivity contribution < 1.29 is 19.0 Å². The number of carbonyl (C=O) groups is 3. The van der Waals surface area contributed by atoms with Crippen molar-refractivity contribution in [1.29, 1.82) is 0 Å². The Morgan fingerprint density at radius 3 is 2.62 bits per heavy atom. The van der Waals surface area contributed by atoms with Crippen molar-refractivity contribution >= 4 is 23.4 Å². The summed E-state index contributed by atoms with van der Waals surface area (Å²) in [5.41, 5.74) is 2.79. The first kappa shape index (κ1) is 15.9. The molecule has 0 bridgehead atoms. The lowest BCUT2D eigenvalue weighted by Crippen LogP contribution is -2.55. The molecule has 0 saturated heterocycles. The number of carbonyl (C=O) groups excluding carboxylic acids is 3. The lowest BCUT2D eigenvalue weighted by Gasteiger charge is -2.28. The molecule has 1 atom stereocenters. The van der Waals surface area contributed by atoms with Crippen LogP contribution in [0.1, 0.15) is 15.9 Å². The average molecular weight is 324 g/mol. The van der Waals surface area contributed by atoms with E-state index < -0.39 is 11.8 Å². The molecule has 3 rings (SSSR count). The van der Waals surface area contributed by atoms with Gasteiger partial charge in [0.1, 0.15) is 13.1 Å². The molecule has 1 N–H and O–H groups in total. The van der Waals surface area contributed by atoms with E-state index in [0.717, 1.165) is 5.56 Å². The molecule has 1 aliphatic carbocycles. The molecule has 6 nitrogen and oxygen atoms in total. The minimum atomic E-state index is -0.567. The van der Waals surface area contributed by atoms with E-state index in [4.69, 9.17) is 0 Å². The summed E-state index contributed by atoms with van der Waals surface area (Å²) in [4.78, 5) is 37.6. The van der Waals surface area contributed by atoms with Gasteiger partial charge in [-0.3, -0.25) is 9.59 Å². The normalized spacial score (nSPS) is 20.0. The Kier molecular flexibility index (Phi) is 3.89. The first-order valence-electron chi connectivity index (χ1n) is 7.58. The van der Waals surface area contributed by atoms with Gasteiger partial charge >= 0.3 is 11.8 Å². The van der Waals surface area contributed by atoms with E-state index in [2.05, 4.69) is 5.32 Å². The van der Waals surface area contributed by atoms with Gasteiger partial charge < -0.3 is 10.2 Å². The van der Waals surface area contributed by atoms with Gasteiger partial charge in [0.15, 0.2) is 0 Å². The van der Waals surface area contributed by atoms with Crippen LogP contribution >= 0.6 is 0 Å². The number of allylic oxidation sites excluding steroid dienone is 1. The zero-order valence-corrected chi connectivity index (χ0v) is 13.7. The number of rotatable bonds is 2. The first-order valence-corrected chi connectivity index (χ1v) is 7.58. The predicted octanol–water partition coefficient (Wildman–Crippen LogP) is 0.629. The molecule has 0 fully saturated rings. The highest BCUT2D eigenvalue weighted by molar-refractivity contribution is 6.34. The van der Waals surface area contributed by atoms with Crippen LogP contribution in [0, 0.1) is 6.92 Å². The second kappa shape index (κ2) is 5.88. The number of hydrogen-bond donors (Lipinski definition) is 1. The smallest absolute Gasteiger partial charge is 0.322 e. The molecule has 0 aromatic heterocycles. The lowest BCUT2D eigenvalue weighted by atomic mass is 10.00. The Morgan fingerprint density at radius 2 is 1.92 bits per heavy atom. The molecule has 0 saturated carbocycles. The van der Waals surface area contributed by atoms with Gasteiger partial charge in [-0.05, 0) is 30.7 Å². The van der Waals surface area contributed by atoms with E-state index >= 15 is 0 Å². The van der Waals surface area contributed by atoms with Gasteiger partial charge in [0.05, 0.1) is 0 Å². The number of likely N-dealkylation sites (N-methyl/N-ethyl adjacent to an activating group) is 2. The predicted molar refractivity (Wildman–Crippen MR) is 88.6 cm³/mol. The highest BCUT2D eigenvalue weighted by atomic mass is 16.2. The van der Waals surface area contributed by atoms with Gasteiger partial charge in [-0.1, -0.05) is 18.2 Å². The maximum Gasteiger partial charge on any atom is 0.477 e. The Labute approximate surface area is 139 Å². The van der Waals surface area contributed by atoms with Crippen LogP contribution in [0.15, 0.2) is 48.2 Å². The second-order valence-electron chi connectivity index (χ2n) is 5.87. The van der Waals surface area contributed by atoms with E-state index in [1.807, 2.05) is 25.1 Å². The summed E-state index contributed by atoms with van der Waals surface area (Å²) in [7, 11) is 3.15. The highest BCUT2D eigenvalue weighted by Gasteiger charge is 2.43. The van der Waals surface area contributed by atoms with Crippen LogP contribution in [0.5, 0.6) is 0 Å². The van der Waals surface area contributed by atoms with Gasteiger partial charge in [0.2, 0.25) is 5.71 Å². The first-order chi connectivity index (χ1) is 11.4. The number of hydrogen-bond acceptors (Lipinski definition) is 3. The Balaban J connectivity index is 1.88. The van der Waals surface area contributed by atoms with Crippen LogP contribution in [-0.2, 0) is 9.59 Å². The van der Waals surface area contributed by atoms with E-state index in [0.29, 0.717) is 17.0 Å². The molecule has 0 radical (unpaired) electrons. The minimum absolute atomic E-state index is 0.207. The Hall–Kier alpha value is -3.02. The van der Waals surface area contributed by atoms with Crippen molar-refractivity contribution in [2.24, 2.45) is 0 Å². The fraction of sp³-hybridized carbons (Fsp3) is 0.222. The van der Waals surface area contributed by atoms with Crippen molar-refractivity contribution in [3.05, 3.63) is 59.3 Å². The Morgan fingerprint density at radius 1 is 1.21 bits per heavy atom. The summed E-state index contributed by atoms with van der Waals surface area (Å²) in [6, 6.07) is 6.95. The van der Waals surface area contributed by atoms with Crippen LogP contribution in [0.25, 0.3) is 0 Å². The molecule has 2 aliphatic rings. The topological polar surface area (TPSA) is 69.5 Å². The van der Waals surface area contributed by atoms with Crippen molar-refractivity contribution in [3.63, 3.8) is 0 Å². The standard InChI is InChI=1S/C18H17N3O3/c1-11-6-4-5-7-13(11)16(22)19-12-8-9-14-15(10-12)21(3)18(24)17(23)20(14)2/h4-10,15H,1-3H3/p+1. The lowest BCUT2D eigenvalue weighted by molar-refractivity contribution is -0.418. The quantitative estimate of drug-likeness (QED) is 0.641. The molecule has 0 spiro atoms. The van der Waals surface area contributed by atoms with Gasteiger partial charge in [-0.25, -0.2) is 4.79 Å². The zero-order chi connectivity index (χ0) is 17.4. The van der Waals surface area contributed by atoms with Gasteiger partial charge in [0.25, 0.3) is 5.91 Å². The molecule has 24 heavy (non-hydrogen) atoms. The molecule has 6 heteroatoms. The van der Waals surface area contributed by atoms with E-state index in [9.17, 15) is 14.4 Å². The summed E-state index contributed by atoms with van der Waals surface area (Å²) in [5, 5.41) is 2.85. The number of benzene rings is 1. The fourth-order valence-electron chi connectivity index (χ4n) is 2.85. The zero-order valence-electron chi connectivity index (χ0n) is 13.7. The van der Waals surface area contributed by atoms with Crippen LogP contribution < -0.4 is 5.32 Å². The van der Waals surface area contributed by atoms with Crippen molar-refractivity contribution in [2.45, 2.75) is 13.0 Å². The number of nitrogens with zero attached hydrogens (tertiary/aromatic N) is 2. The molecule has 1 unspecified atom stereocenters. The number of nitrogens with one attached hydrogen (secondary N) is 1. The molecule has 1 aliphatic heterocycles. The van der Waals surface area contributed by atoms with E-state index in [-0.39, 0.29) is 11.9 Å². The molecular formula is C18H18N3O3+. The third-order valence-corrected chi connectivity index (χ3v) is 4.33. The van der Waals surface area contributed by atoms with Crippen LogP contribution in [0.4, 0.5) is 0 Å². The SMILES string of the molecule is Cc1ccccc1C(=O)NC1=CC2C(=[N+](C)C(=O)C(=O)N2C)C=C1. The summed E-state index contributed by atoms with van der Waals surface area (Å²) < 4.78 is 1.35. The van der Waals surface area contributed by atoms with E-state index in [1.54, 1.807) is 38.4 Å². The summed E-state index contributed by atoms with van der Waals surface area (Å²) in [5.74, 6) is -1.33. The summed E-state index contributed by atoms with van der Waals surface area (Å²) >= 11 is 0. The largest absolute Gasteiger partial charge is 0.477 e. The third kappa shape index (κ3) is 2.56. The van der Waals surface area contributed by atoms with Gasteiger partial charge in [-0.2, -0.15) is 4.58 Å². The monoisotopic (exact) mass is 324 g/mol. The minimum Gasteiger partial charge on any atom is -0.322 e. The maximum absolute atomic E-state index is 12.4. The highest BCUT2D eigenvalue weighted by Crippen LogP contribution is 2.17. The van der Waals surface area contributed by atoms with Crippen LogP contribution in [0.2, 0.25) is 0 Å². The molecule has 1 heterocycles. The van der Waals surface area contributed by atoms with Crippen LogP contribution in [-0.4, -0.2) is 53.0 Å². The fourth-order valence-corrected chi connectivity index (χ4v) is 2.85. The molecule has 122 valence electrons.